The average Bonchev–Trinajstić information content (AvgIpc) is 3.09. The molecule has 0 radical (unpaired) electrons. The molecule has 5 nitrogen and oxygen atoms in total. The van der Waals surface area contributed by atoms with E-state index in [1.807, 2.05) is 6.07 Å². The summed E-state index contributed by atoms with van der Waals surface area (Å²) in [5.74, 6) is 0.363. The van der Waals surface area contributed by atoms with Gasteiger partial charge in [-0.15, -0.1) is 11.3 Å². The summed E-state index contributed by atoms with van der Waals surface area (Å²) in [6.45, 7) is 1.94. The number of hydrogen-bond acceptors (Lipinski definition) is 6. The maximum atomic E-state index is 13.0. The van der Waals surface area contributed by atoms with Crippen LogP contribution in [0.4, 0.5) is 19.0 Å². The molecule has 2 heterocycles. The van der Waals surface area contributed by atoms with Gasteiger partial charge in [-0.1, -0.05) is 19.1 Å². The Balaban J connectivity index is 1.68. The van der Waals surface area contributed by atoms with E-state index in [4.69, 9.17) is 4.74 Å². The second-order valence-electron chi connectivity index (χ2n) is 6.32. The highest BCUT2D eigenvalue weighted by molar-refractivity contribution is 7.18. The minimum Gasteiger partial charge on any atom is -0.490 e. The third-order valence-corrected chi connectivity index (χ3v) is 5.37. The molecule has 1 atom stereocenters. The highest BCUT2D eigenvalue weighted by Gasteiger charge is 2.34. The molecule has 0 amide bonds. The van der Waals surface area contributed by atoms with Crippen LogP contribution < -0.4 is 9.64 Å². The van der Waals surface area contributed by atoms with Crippen molar-refractivity contribution in [3.8, 4) is 5.75 Å². The number of likely N-dealkylation sites (N-methyl/N-ethyl adjacent to an activating group) is 1. The largest absolute Gasteiger partial charge is 0.490 e. The minimum atomic E-state index is -4.51. The van der Waals surface area contributed by atoms with E-state index in [0.29, 0.717) is 5.82 Å². The van der Waals surface area contributed by atoms with E-state index in [1.54, 1.807) is 23.3 Å². The van der Waals surface area contributed by atoms with Crippen molar-refractivity contribution in [2.75, 3.05) is 25.1 Å². The van der Waals surface area contributed by atoms with Gasteiger partial charge in [0, 0.05) is 18.5 Å². The lowest BCUT2D eigenvalue weighted by Crippen LogP contribution is -2.33. The topological polar surface area (TPSA) is 58.5 Å². The number of fused-ring (bicyclic) bond motifs is 1. The number of ether oxygens (including phenoxy) is 1. The number of para-hydroxylation sites is 1. The molecular formula is C19H20F3N3O2S. The third kappa shape index (κ3) is 4.53. The van der Waals surface area contributed by atoms with Crippen LogP contribution in [-0.4, -0.2) is 41.4 Å². The molecule has 0 aliphatic carbocycles. The zero-order chi connectivity index (χ0) is 20.3. The number of hydrogen-bond donors (Lipinski definition) is 1. The molecule has 0 aliphatic heterocycles. The van der Waals surface area contributed by atoms with E-state index in [0.717, 1.165) is 22.7 Å². The number of benzene rings is 1. The van der Waals surface area contributed by atoms with Crippen LogP contribution in [0.3, 0.4) is 0 Å². The number of aryl methyl sites for hydroxylation is 1. The van der Waals surface area contributed by atoms with Crippen LogP contribution in [0.25, 0.3) is 10.2 Å². The Morgan fingerprint density at radius 1 is 1.25 bits per heavy atom. The average molecular weight is 411 g/mol. The first-order chi connectivity index (χ1) is 13.3. The molecule has 2 aromatic heterocycles. The molecule has 0 fully saturated rings. The normalized spacial score (nSPS) is 12.9. The standard InChI is InChI=1S/C19H20F3N3O2S/c1-3-13-8-14-17(23-11-24-18(14)28-13)25(2)9-12(26)10-27-16-7-5-4-6-15(16)19(20,21)22/h4-8,11-12,26H,3,9-10H2,1-2H3. The van der Waals surface area contributed by atoms with Gasteiger partial charge < -0.3 is 14.7 Å². The smallest absolute Gasteiger partial charge is 0.419 e. The quantitative estimate of drug-likeness (QED) is 0.633. The van der Waals surface area contributed by atoms with E-state index >= 15 is 0 Å². The van der Waals surface area contributed by atoms with Crippen LogP contribution in [0.1, 0.15) is 17.4 Å². The second-order valence-corrected chi connectivity index (χ2v) is 7.44. The number of thiophene rings is 1. The van der Waals surface area contributed by atoms with Gasteiger partial charge in [-0.2, -0.15) is 13.2 Å². The van der Waals surface area contributed by atoms with Crippen molar-refractivity contribution in [2.24, 2.45) is 0 Å². The van der Waals surface area contributed by atoms with Crippen LogP contribution in [0.15, 0.2) is 36.7 Å². The van der Waals surface area contributed by atoms with Crippen molar-refractivity contribution >= 4 is 27.4 Å². The van der Waals surface area contributed by atoms with Gasteiger partial charge in [0.1, 0.15) is 35.4 Å². The zero-order valence-corrected chi connectivity index (χ0v) is 16.2. The number of alkyl halides is 3. The van der Waals surface area contributed by atoms with E-state index in [1.165, 1.54) is 29.4 Å². The van der Waals surface area contributed by atoms with Crippen molar-refractivity contribution in [1.82, 2.24) is 9.97 Å². The zero-order valence-electron chi connectivity index (χ0n) is 15.4. The molecular weight excluding hydrogens is 391 g/mol. The highest BCUT2D eigenvalue weighted by Crippen LogP contribution is 2.36. The summed E-state index contributed by atoms with van der Waals surface area (Å²) in [6, 6.07) is 6.97. The molecule has 9 heteroatoms. The molecule has 1 aromatic carbocycles. The molecule has 28 heavy (non-hydrogen) atoms. The number of halogens is 3. The van der Waals surface area contributed by atoms with Crippen LogP contribution in [0, 0.1) is 0 Å². The van der Waals surface area contributed by atoms with E-state index in [9.17, 15) is 18.3 Å². The van der Waals surface area contributed by atoms with E-state index in [2.05, 4.69) is 16.9 Å². The highest BCUT2D eigenvalue weighted by atomic mass is 32.1. The van der Waals surface area contributed by atoms with Gasteiger partial charge in [-0.3, -0.25) is 0 Å². The van der Waals surface area contributed by atoms with E-state index < -0.39 is 17.8 Å². The maximum absolute atomic E-state index is 13.0. The fraction of sp³-hybridized carbons (Fsp3) is 0.368. The van der Waals surface area contributed by atoms with Crippen molar-refractivity contribution < 1.29 is 23.0 Å². The number of aliphatic hydroxyl groups excluding tert-OH is 1. The lowest BCUT2D eigenvalue weighted by molar-refractivity contribution is -0.139. The number of anilines is 1. The Morgan fingerprint density at radius 3 is 2.71 bits per heavy atom. The molecule has 0 saturated heterocycles. The van der Waals surface area contributed by atoms with Crippen molar-refractivity contribution in [3.63, 3.8) is 0 Å². The first kappa shape index (κ1) is 20.3. The van der Waals surface area contributed by atoms with Gasteiger partial charge in [0.15, 0.2) is 0 Å². The number of aliphatic hydroxyl groups is 1. The first-order valence-electron chi connectivity index (χ1n) is 8.71. The summed E-state index contributed by atoms with van der Waals surface area (Å²) in [5.41, 5.74) is -0.863. The third-order valence-electron chi connectivity index (χ3n) is 4.18. The number of nitrogens with zero attached hydrogens (tertiary/aromatic N) is 3. The van der Waals surface area contributed by atoms with Gasteiger partial charge in [0.25, 0.3) is 0 Å². The Morgan fingerprint density at radius 2 is 2.00 bits per heavy atom. The summed E-state index contributed by atoms with van der Waals surface area (Å²) in [6.07, 6.45) is -3.16. The molecule has 0 spiro atoms. The monoisotopic (exact) mass is 411 g/mol. The number of aromatic nitrogens is 2. The van der Waals surface area contributed by atoms with Gasteiger partial charge >= 0.3 is 6.18 Å². The summed E-state index contributed by atoms with van der Waals surface area (Å²) in [7, 11) is 1.76. The summed E-state index contributed by atoms with van der Waals surface area (Å²) >= 11 is 1.59. The molecule has 0 saturated carbocycles. The fourth-order valence-electron chi connectivity index (χ4n) is 2.84. The van der Waals surface area contributed by atoms with Crippen molar-refractivity contribution in [1.29, 1.82) is 0 Å². The van der Waals surface area contributed by atoms with Crippen LogP contribution in [0.5, 0.6) is 5.75 Å². The van der Waals surface area contributed by atoms with Crippen LogP contribution >= 0.6 is 11.3 Å². The number of rotatable bonds is 7. The molecule has 1 unspecified atom stereocenters. The minimum absolute atomic E-state index is 0.150. The molecule has 3 aromatic rings. The van der Waals surface area contributed by atoms with Crippen molar-refractivity contribution in [3.05, 3.63) is 47.1 Å². The Hall–Kier alpha value is -2.39. The molecule has 0 aliphatic rings. The summed E-state index contributed by atoms with van der Waals surface area (Å²) < 4.78 is 44.3. The summed E-state index contributed by atoms with van der Waals surface area (Å²) in [5, 5.41) is 11.2. The lowest BCUT2D eigenvalue weighted by Gasteiger charge is -2.23. The van der Waals surface area contributed by atoms with Crippen molar-refractivity contribution in [2.45, 2.75) is 25.6 Å². The van der Waals surface area contributed by atoms with E-state index in [-0.39, 0.29) is 18.9 Å². The maximum Gasteiger partial charge on any atom is 0.419 e. The predicted octanol–water partition coefficient (Wildman–Crippen LogP) is 4.15. The van der Waals surface area contributed by atoms with Gasteiger partial charge in [-0.05, 0) is 24.6 Å². The van der Waals surface area contributed by atoms with Crippen LogP contribution in [0.2, 0.25) is 0 Å². The first-order valence-corrected chi connectivity index (χ1v) is 9.53. The lowest BCUT2D eigenvalue weighted by atomic mass is 10.2. The molecule has 0 bridgehead atoms. The van der Waals surface area contributed by atoms with Crippen LogP contribution in [-0.2, 0) is 12.6 Å². The Kier molecular flexibility index (Phi) is 6.04. The van der Waals surface area contributed by atoms with Gasteiger partial charge in [0.05, 0.1) is 10.9 Å². The molecule has 1 N–H and O–H groups in total. The predicted molar refractivity (Wildman–Crippen MR) is 103 cm³/mol. The Bertz CT molecular complexity index is 946. The second kappa shape index (κ2) is 8.32. The summed E-state index contributed by atoms with van der Waals surface area (Å²) in [4.78, 5) is 12.3. The van der Waals surface area contributed by atoms with Gasteiger partial charge in [0.2, 0.25) is 0 Å². The molecule has 3 rings (SSSR count). The fourth-order valence-corrected chi connectivity index (χ4v) is 3.77. The SMILES string of the molecule is CCc1cc2c(N(C)CC(O)COc3ccccc3C(F)(F)F)ncnc2s1. The Labute approximate surface area is 164 Å². The van der Waals surface area contributed by atoms with Gasteiger partial charge in [-0.25, -0.2) is 9.97 Å². The molecule has 150 valence electrons.